The Morgan fingerprint density at radius 3 is 2.72 bits per heavy atom. The summed E-state index contributed by atoms with van der Waals surface area (Å²) < 4.78 is 0. The lowest BCUT2D eigenvalue weighted by Gasteiger charge is -2.17. The number of rotatable bonds is 1. The Morgan fingerprint density at radius 2 is 1.94 bits per heavy atom. The van der Waals surface area contributed by atoms with Crippen molar-refractivity contribution < 1.29 is 0 Å². The van der Waals surface area contributed by atoms with Crippen molar-refractivity contribution in [3.8, 4) is 0 Å². The summed E-state index contributed by atoms with van der Waals surface area (Å²) in [4.78, 5) is 0. The first-order chi connectivity index (χ1) is 8.66. The van der Waals surface area contributed by atoms with Gasteiger partial charge in [0.05, 0.1) is 0 Å². The van der Waals surface area contributed by atoms with Crippen LogP contribution in [0.15, 0.2) is 30.3 Å². The molecule has 0 N–H and O–H groups in total. The lowest BCUT2D eigenvalue weighted by molar-refractivity contribution is 0.868. The minimum Gasteiger partial charge on any atom is -0.0836 e. The quantitative estimate of drug-likeness (QED) is 0.636. The number of fused-ring (bicyclic) bond motifs is 2. The average Bonchev–Trinajstić information content (AvgIpc) is 2.38. The van der Waals surface area contributed by atoms with Gasteiger partial charge in [0.2, 0.25) is 0 Å². The zero-order chi connectivity index (χ0) is 12.7. The van der Waals surface area contributed by atoms with Gasteiger partial charge in [-0.1, -0.05) is 44.2 Å². The van der Waals surface area contributed by atoms with Gasteiger partial charge in [-0.2, -0.15) is 0 Å². The second kappa shape index (κ2) is 4.28. The highest BCUT2D eigenvalue weighted by atomic mass is 14.2. The zero-order valence-corrected chi connectivity index (χ0v) is 11.5. The summed E-state index contributed by atoms with van der Waals surface area (Å²) in [7, 11) is 0. The number of hydrogen-bond acceptors (Lipinski definition) is 0. The van der Waals surface area contributed by atoms with E-state index in [9.17, 15) is 0 Å². The lowest BCUT2D eigenvalue weighted by atomic mass is 9.88. The number of aryl methyl sites for hydroxylation is 1. The summed E-state index contributed by atoms with van der Waals surface area (Å²) in [5.74, 6) is 0.602. The third-order valence-corrected chi connectivity index (χ3v) is 4.12. The second-order valence-electron chi connectivity index (χ2n) is 5.65. The predicted molar refractivity (Wildman–Crippen MR) is 80.1 cm³/mol. The van der Waals surface area contributed by atoms with Crippen LogP contribution in [0.3, 0.4) is 0 Å². The first-order valence-corrected chi connectivity index (χ1v) is 6.89. The van der Waals surface area contributed by atoms with Gasteiger partial charge in [0.1, 0.15) is 0 Å². The van der Waals surface area contributed by atoms with Crippen molar-refractivity contribution in [2.75, 3.05) is 0 Å². The molecule has 1 aliphatic rings. The minimum atomic E-state index is 0.602. The molecule has 2 aromatic carbocycles. The molecule has 0 fully saturated rings. The molecule has 0 heteroatoms. The Kier molecular flexibility index (Phi) is 2.74. The fourth-order valence-corrected chi connectivity index (χ4v) is 2.94. The summed E-state index contributed by atoms with van der Waals surface area (Å²) in [5.41, 5.74) is 5.89. The first-order valence-electron chi connectivity index (χ1n) is 6.89. The SMILES string of the molecule is Cc1c2c(cc3ccc(C(C)C)cc13)C=CCC2. The third-order valence-electron chi connectivity index (χ3n) is 4.12. The fraction of sp³-hybridized carbons (Fsp3) is 0.333. The van der Waals surface area contributed by atoms with Crippen molar-refractivity contribution in [2.24, 2.45) is 0 Å². The van der Waals surface area contributed by atoms with E-state index in [-0.39, 0.29) is 0 Å². The van der Waals surface area contributed by atoms with Crippen molar-refractivity contribution in [1.29, 1.82) is 0 Å². The standard InChI is InChI=1S/C18H20/c1-12(2)14-8-9-16-10-15-6-4-5-7-17(15)13(3)18(16)11-14/h4,6,8-12H,5,7H2,1-3H3. The van der Waals surface area contributed by atoms with Crippen molar-refractivity contribution >= 4 is 16.8 Å². The van der Waals surface area contributed by atoms with Crippen LogP contribution in [-0.4, -0.2) is 0 Å². The Labute approximate surface area is 109 Å². The molecule has 0 unspecified atom stereocenters. The lowest BCUT2D eigenvalue weighted by Crippen LogP contribution is -1.99. The van der Waals surface area contributed by atoms with E-state index in [0.29, 0.717) is 5.92 Å². The van der Waals surface area contributed by atoms with E-state index < -0.39 is 0 Å². The highest BCUT2D eigenvalue weighted by molar-refractivity contribution is 5.90. The molecule has 3 rings (SSSR count). The van der Waals surface area contributed by atoms with E-state index in [4.69, 9.17) is 0 Å². The van der Waals surface area contributed by atoms with E-state index >= 15 is 0 Å². The molecular formula is C18H20. The van der Waals surface area contributed by atoms with Crippen molar-refractivity contribution in [3.05, 3.63) is 52.6 Å². The highest BCUT2D eigenvalue weighted by Gasteiger charge is 2.11. The van der Waals surface area contributed by atoms with Crippen LogP contribution in [0, 0.1) is 6.92 Å². The van der Waals surface area contributed by atoms with E-state index in [1.165, 1.54) is 40.3 Å². The Balaban J connectivity index is 2.30. The van der Waals surface area contributed by atoms with E-state index in [0.717, 1.165) is 0 Å². The van der Waals surface area contributed by atoms with Crippen LogP contribution in [0.1, 0.15) is 48.4 Å². The summed E-state index contributed by atoms with van der Waals surface area (Å²) in [6, 6.07) is 9.27. The van der Waals surface area contributed by atoms with Gasteiger partial charge in [-0.15, -0.1) is 0 Å². The summed E-state index contributed by atoms with van der Waals surface area (Å²) in [5, 5.41) is 2.82. The molecule has 0 atom stereocenters. The first kappa shape index (κ1) is 11.5. The molecule has 0 bridgehead atoms. The molecule has 0 spiro atoms. The van der Waals surface area contributed by atoms with Crippen LogP contribution in [0.2, 0.25) is 0 Å². The number of benzene rings is 2. The monoisotopic (exact) mass is 236 g/mol. The Hall–Kier alpha value is -1.56. The molecule has 2 aromatic rings. The Morgan fingerprint density at radius 1 is 1.11 bits per heavy atom. The van der Waals surface area contributed by atoms with Crippen molar-refractivity contribution in [1.82, 2.24) is 0 Å². The van der Waals surface area contributed by atoms with Gasteiger partial charge in [0.25, 0.3) is 0 Å². The van der Waals surface area contributed by atoms with Crippen LogP contribution in [-0.2, 0) is 6.42 Å². The van der Waals surface area contributed by atoms with Gasteiger partial charge in [0, 0.05) is 0 Å². The molecule has 0 heterocycles. The molecule has 0 amide bonds. The second-order valence-corrected chi connectivity index (χ2v) is 5.65. The topological polar surface area (TPSA) is 0 Å². The Bertz CT molecular complexity index is 630. The fourth-order valence-electron chi connectivity index (χ4n) is 2.94. The molecule has 0 nitrogen and oxygen atoms in total. The molecular weight excluding hydrogens is 216 g/mol. The maximum atomic E-state index is 2.38. The van der Waals surface area contributed by atoms with Gasteiger partial charge >= 0.3 is 0 Å². The van der Waals surface area contributed by atoms with Crippen LogP contribution < -0.4 is 0 Å². The molecule has 0 saturated heterocycles. The van der Waals surface area contributed by atoms with Crippen molar-refractivity contribution in [2.45, 2.75) is 39.5 Å². The van der Waals surface area contributed by atoms with Crippen LogP contribution >= 0.6 is 0 Å². The highest BCUT2D eigenvalue weighted by Crippen LogP contribution is 2.31. The van der Waals surface area contributed by atoms with Gasteiger partial charge in [-0.05, 0) is 64.8 Å². The van der Waals surface area contributed by atoms with E-state index in [1.54, 1.807) is 5.56 Å². The van der Waals surface area contributed by atoms with Crippen LogP contribution in [0.4, 0.5) is 0 Å². The molecule has 92 valence electrons. The maximum absolute atomic E-state index is 2.38. The van der Waals surface area contributed by atoms with Gasteiger partial charge in [0.15, 0.2) is 0 Å². The van der Waals surface area contributed by atoms with Crippen LogP contribution in [0.5, 0.6) is 0 Å². The maximum Gasteiger partial charge on any atom is -0.0149 e. The number of allylic oxidation sites excluding steroid dienone is 1. The average molecular weight is 236 g/mol. The third kappa shape index (κ3) is 1.77. The molecule has 0 aromatic heterocycles. The van der Waals surface area contributed by atoms with E-state index in [1.807, 2.05) is 0 Å². The summed E-state index contributed by atoms with van der Waals surface area (Å²) in [6.07, 6.45) is 6.94. The number of hydrogen-bond donors (Lipinski definition) is 0. The molecule has 18 heavy (non-hydrogen) atoms. The molecule has 1 aliphatic carbocycles. The smallest absolute Gasteiger partial charge is 0.0149 e. The van der Waals surface area contributed by atoms with Gasteiger partial charge in [-0.3, -0.25) is 0 Å². The minimum absolute atomic E-state index is 0.602. The normalized spacial score (nSPS) is 14.2. The summed E-state index contributed by atoms with van der Waals surface area (Å²) >= 11 is 0. The summed E-state index contributed by atoms with van der Waals surface area (Å²) in [6.45, 7) is 6.81. The predicted octanol–water partition coefficient (Wildman–Crippen LogP) is 5.23. The van der Waals surface area contributed by atoms with Gasteiger partial charge in [-0.25, -0.2) is 0 Å². The molecule has 0 radical (unpaired) electrons. The molecule has 0 saturated carbocycles. The van der Waals surface area contributed by atoms with Crippen molar-refractivity contribution in [3.63, 3.8) is 0 Å². The van der Waals surface area contributed by atoms with Gasteiger partial charge < -0.3 is 0 Å². The zero-order valence-electron chi connectivity index (χ0n) is 11.5. The van der Waals surface area contributed by atoms with E-state index in [2.05, 4.69) is 57.2 Å². The largest absolute Gasteiger partial charge is 0.0836 e. The molecule has 0 aliphatic heterocycles. The van der Waals surface area contributed by atoms with Crippen LogP contribution in [0.25, 0.3) is 16.8 Å².